The number of hydrogen-bond donors (Lipinski definition) is 0. The molecule has 1 heterocycles. The molecule has 4 rings (SSSR count). The largest absolute Gasteiger partial charge is 0.466 e. The Hall–Kier alpha value is -2.96. The van der Waals surface area contributed by atoms with Crippen molar-refractivity contribution in [1.82, 2.24) is 0 Å². The van der Waals surface area contributed by atoms with Gasteiger partial charge in [0.05, 0.1) is 23.6 Å². The fraction of sp³-hybridized carbons (Fsp3) is 0.478. The maximum absolute atomic E-state index is 13.9. The Morgan fingerprint density at radius 2 is 1.90 bits per heavy atom. The Kier molecular flexibility index (Phi) is 4.42. The van der Waals surface area contributed by atoms with Gasteiger partial charge < -0.3 is 9.47 Å². The van der Waals surface area contributed by atoms with Crippen molar-refractivity contribution < 1.29 is 28.7 Å². The van der Waals surface area contributed by atoms with Crippen LogP contribution in [-0.2, 0) is 29.3 Å². The van der Waals surface area contributed by atoms with Crippen LogP contribution in [0.2, 0.25) is 0 Å². The smallest absolute Gasteiger partial charge is 0.421 e. The summed E-state index contributed by atoms with van der Waals surface area (Å²) in [6, 6.07) is 6.87. The normalized spacial score (nSPS) is 29.5. The van der Waals surface area contributed by atoms with Gasteiger partial charge in [-0.15, -0.1) is 0 Å². The molecule has 4 atom stereocenters. The number of rotatable bonds is 2. The number of nitrogens with zero attached hydrogens (tertiary/aromatic N) is 1. The zero-order valence-electron chi connectivity index (χ0n) is 17.6. The minimum absolute atomic E-state index is 0.129. The van der Waals surface area contributed by atoms with Gasteiger partial charge in [-0.1, -0.05) is 24.8 Å². The highest BCUT2D eigenvalue weighted by Gasteiger charge is 2.74. The average Bonchev–Trinajstić information content (AvgIpc) is 3.24. The van der Waals surface area contributed by atoms with Crippen LogP contribution in [0.1, 0.15) is 39.7 Å². The molecule has 0 radical (unpaired) electrons. The third-order valence-corrected chi connectivity index (χ3v) is 6.27. The third kappa shape index (κ3) is 2.50. The van der Waals surface area contributed by atoms with Crippen LogP contribution in [0.25, 0.3) is 0 Å². The van der Waals surface area contributed by atoms with Crippen molar-refractivity contribution in [3.63, 3.8) is 0 Å². The van der Waals surface area contributed by atoms with E-state index in [0.717, 1.165) is 4.90 Å². The van der Waals surface area contributed by atoms with Crippen LogP contribution in [0.3, 0.4) is 0 Å². The Morgan fingerprint density at radius 3 is 2.53 bits per heavy atom. The lowest BCUT2D eigenvalue weighted by molar-refractivity contribution is -0.156. The van der Waals surface area contributed by atoms with E-state index in [1.807, 2.05) is 0 Å². The Bertz CT molecular complexity index is 990. The van der Waals surface area contributed by atoms with Crippen LogP contribution in [0.15, 0.2) is 36.4 Å². The molecule has 2 fully saturated rings. The Morgan fingerprint density at radius 1 is 1.23 bits per heavy atom. The van der Waals surface area contributed by atoms with E-state index >= 15 is 0 Å². The van der Waals surface area contributed by atoms with E-state index in [2.05, 4.69) is 6.58 Å². The number of para-hydroxylation sites is 1. The number of esters is 1. The van der Waals surface area contributed by atoms with Crippen LogP contribution in [-0.4, -0.2) is 36.0 Å². The molecule has 1 spiro atoms. The number of carbonyl (C=O) groups is 4. The topological polar surface area (TPSA) is 90.0 Å². The van der Waals surface area contributed by atoms with Crippen LogP contribution in [0.5, 0.6) is 0 Å². The summed E-state index contributed by atoms with van der Waals surface area (Å²) < 4.78 is 10.8. The summed E-state index contributed by atoms with van der Waals surface area (Å²) in [5.74, 6) is -3.61. The van der Waals surface area contributed by atoms with Gasteiger partial charge >= 0.3 is 12.1 Å². The van der Waals surface area contributed by atoms with Crippen molar-refractivity contribution in [2.45, 2.75) is 45.1 Å². The van der Waals surface area contributed by atoms with E-state index in [0.29, 0.717) is 23.2 Å². The zero-order chi connectivity index (χ0) is 22.0. The fourth-order valence-electron chi connectivity index (χ4n) is 5.33. The van der Waals surface area contributed by atoms with E-state index in [4.69, 9.17) is 9.47 Å². The van der Waals surface area contributed by atoms with Gasteiger partial charge in [0.25, 0.3) is 0 Å². The molecule has 1 aliphatic heterocycles. The van der Waals surface area contributed by atoms with Gasteiger partial charge in [0.1, 0.15) is 5.60 Å². The standard InChI is InChI=1S/C23H25NO6/c1-6-29-19(26)17-13-11-15(12(2)18(13)25)23(17)14-9-7-8-10-16(14)24(20(23)27)21(28)30-22(3,4)5/h7-10,13,15,17H,2,6,11H2,1,3-5H3/t13-,15-,17-,23+/m1/s1. The summed E-state index contributed by atoms with van der Waals surface area (Å²) in [6.45, 7) is 10.9. The number of imide groups is 1. The van der Waals surface area contributed by atoms with Gasteiger partial charge in [-0.25, -0.2) is 9.69 Å². The van der Waals surface area contributed by atoms with Gasteiger partial charge in [0.2, 0.25) is 5.91 Å². The van der Waals surface area contributed by atoms with E-state index in [-0.39, 0.29) is 12.4 Å². The molecular formula is C23H25NO6. The summed E-state index contributed by atoms with van der Waals surface area (Å²) in [4.78, 5) is 53.7. The molecule has 2 amide bonds. The number of Topliss-reactive ketones (excluding diaryl/α,β-unsaturated/α-hetero) is 1. The second-order valence-corrected chi connectivity index (χ2v) is 9.02. The quantitative estimate of drug-likeness (QED) is 0.549. The molecule has 0 aromatic heterocycles. The van der Waals surface area contributed by atoms with Crippen molar-refractivity contribution in [2.75, 3.05) is 11.5 Å². The zero-order valence-corrected chi connectivity index (χ0v) is 17.6. The molecule has 1 aromatic rings. The molecule has 2 aliphatic carbocycles. The van der Waals surface area contributed by atoms with Crippen LogP contribution in [0.4, 0.5) is 10.5 Å². The fourth-order valence-corrected chi connectivity index (χ4v) is 5.33. The number of hydrogen-bond acceptors (Lipinski definition) is 6. The van der Waals surface area contributed by atoms with Crippen LogP contribution >= 0.6 is 0 Å². The van der Waals surface area contributed by atoms with Gasteiger partial charge in [-0.05, 0) is 51.3 Å². The van der Waals surface area contributed by atoms with Crippen molar-refractivity contribution in [3.8, 4) is 0 Å². The van der Waals surface area contributed by atoms with Gasteiger partial charge in [0.15, 0.2) is 5.78 Å². The minimum atomic E-state index is -1.39. The molecule has 2 bridgehead atoms. The first-order chi connectivity index (χ1) is 14.1. The summed E-state index contributed by atoms with van der Waals surface area (Å²) in [7, 11) is 0. The molecular weight excluding hydrogens is 386 g/mol. The van der Waals surface area contributed by atoms with E-state index in [9.17, 15) is 19.2 Å². The molecule has 7 heteroatoms. The predicted molar refractivity (Wildman–Crippen MR) is 108 cm³/mol. The second kappa shape index (κ2) is 6.52. The minimum Gasteiger partial charge on any atom is -0.466 e. The molecule has 0 saturated heterocycles. The molecule has 2 saturated carbocycles. The molecule has 7 nitrogen and oxygen atoms in total. The molecule has 30 heavy (non-hydrogen) atoms. The number of amides is 2. The maximum atomic E-state index is 13.9. The number of carbonyl (C=O) groups excluding carboxylic acids is 4. The van der Waals surface area contributed by atoms with Crippen molar-refractivity contribution in [1.29, 1.82) is 0 Å². The van der Waals surface area contributed by atoms with Gasteiger partial charge in [-0.3, -0.25) is 14.4 Å². The summed E-state index contributed by atoms with van der Waals surface area (Å²) >= 11 is 0. The number of ketones is 1. The highest BCUT2D eigenvalue weighted by Crippen LogP contribution is 2.65. The lowest BCUT2D eigenvalue weighted by Gasteiger charge is -2.38. The number of benzene rings is 1. The number of fused-ring (bicyclic) bond motifs is 5. The van der Waals surface area contributed by atoms with E-state index in [1.165, 1.54) is 0 Å². The third-order valence-electron chi connectivity index (χ3n) is 6.27. The molecule has 0 unspecified atom stereocenters. The molecule has 0 N–H and O–H groups in total. The highest BCUT2D eigenvalue weighted by atomic mass is 16.6. The average molecular weight is 411 g/mol. The Balaban J connectivity index is 1.91. The summed E-state index contributed by atoms with van der Waals surface area (Å²) in [5, 5.41) is 0. The lowest BCUT2D eigenvalue weighted by Crippen LogP contribution is -2.55. The SMILES string of the molecule is C=C1C(=O)[C@@H]2C[C@H]1[C@]1(C(=O)N(C(=O)OC(C)(C)C)c3ccccc31)[C@H]2C(=O)OCC. The first-order valence-corrected chi connectivity index (χ1v) is 10.1. The van der Waals surface area contributed by atoms with Crippen molar-refractivity contribution >= 4 is 29.4 Å². The number of ether oxygens (including phenoxy) is 2. The monoisotopic (exact) mass is 411 g/mol. The van der Waals surface area contributed by atoms with Crippen LogP contribution < -0.4 is 4.90 Å². The van der Waals surface area contributed by atoms with Crippen LogP contribution in [0, 0.1) is 17.8 Å². The molecule has 3 aliphatic rings. The van der Waals surface area contributed by atoms with E-state index in [1.54, 1.807) is 52.0 Å². The van der Waals surface area contributed by atoms with E-state index < -0.39 is 46.7 Å². The van der Waals surface area contributed by atoms with Crippen molar-refractivity contribution in [2.24, 2.45) is 17.8 Å². The first kappa shape index (κ1) is 20.3. The summed E-state index contributed by atoms with van der Waals surface area (Å²) in [6.07, 6.45) is -0.470. The highest BCUT2D eigenvalue weighted by molar-refractivity contribution is 6.24. The summed E-state index contributed by atoms with van der Waals surface area (Å²) in [5.41, 5.74) is -0.958. The van der Waals surface area contributed by atoms with Crippen molar-refractivity contribution in [3.05, 3.63) is 42.0 Å². The Labute approximate surface area is 175 Å². The number of anilines is 1. The lowest BCUT2D eigenvalue weighted by atomic mass is 9.61. The predicted octanol–water partition coefficient (Wildman–Crippen LogP) is 3.16. The first-order valence-electron chi connectivity index (χ1n) is 10.1. The van der Waals surface area contributed by atoms with Gasteiger partial charge in [0, 0.05) is 11.8 Å². The molecule has 1 aromatic carbocycles. The second-order valence-electron chi connectivity index (χ2n) is 9.02. The molecule has 158 valence electrons. The van der Waals surface area contributed by atoms with Gasteiger partial charge in [-0.2, -0.15) is 0 Å². The number of allylic oxidation sites excluding steroid dienone is 1. The maximum Gasteiger partial charge on any atom is 0.421 e.